The summed E-state index contributed by atoms with van der Waals surface area (Å²) in [5, 5.41) is 14.3. The number of carboxylic acid groups (broad SMARTS) is 1. The molecule has 6 heteroatoms. The average molecular weight is 269 g/mol. The molecule has 2 heterocycles. The van der Waals surface area contributed by atoms with Crippen molar-refractivity contribution in [2.24, 2.45) is 0 Å². The van der Waals surface area contributed by atoms with Crippen LogP contribution in [0.25, 0.3) is 0 Å². The minimum atomic E-state index is -0.969. The van der Waals surface area contributed by atoms with Gasteiger partial charge in [-0.1, -0.05) is 6.42 Å². The second kappa shape index (κ2) is 6.15. The highest BCUT2D eigenvalue weighted by Crippen LogP contribution is 2.17. The van der Waals surface area contributed by atoms with Gasteiger partial charge in [0.2, 0.25) is 0 Å². The van der Waals surface area contributed by atoms with E-state index in [-0.39, 0.29) is 11.7 Å². The Labute approximate surface area is 111 Å². The van der Waals surface area contributed by atoms with Crippen LogP contribution in [0.1, 0.15) is 36.7 Å². The second-order valence-electron chi connectivity index (χ2n) is 4.75. The molecule has 0 radical (unpaired) electrons. The van der Waals surface area contributed by atoms with E-state index in [0.717, 1.165) is 6.54 Å². The van der Waals surface area contributed by atoms with Crippen LogP contribution in [0.4, 0.5) is 5.13 Å². The summed E-state index contributed by atoms with van der Waals surface area (Å²) in [5.41, 5.74) is 0.118. The van der Waals surface area contributed by atoms with Crippen molar-refractivity contribution in [3.05, 3.63) is 11.1 Å². The number of piperidine rings is 1. The number of hydrogen-bond donors (Lipinski definition) is 2. The number of hydrogen-bond acceptors (Lipinski definition) is 5. The normalized spacial score (nSPS) is 18.5. The maximum Gasteiger partial charge on any atom is 0.355 e. The Balaban J connectivity index is 1.82. The molecular formula is C12H19N3O2S. The zero-order valence-corrected chi connectivity index (χ0v) is 11.4. The Bertz CT molecular complexity index is 402. The molecule has 2 rings (SSSR count). The number of aromatic nitrogens is 1. The van der Waals surface area contributed by atoms with Crippen molar-refractivity contribution in [1.29, 1.82) is 0 Å². The summed E-state index contributed by atoms with van der Waals surface area (Å²) < 4.78 is 0. The molecule has 0 amide bonds. The van der Waals surface area contributed by atoms with Crippen LogP contribution in [0.2, 0.25) is 0 Å². The van der Waals surface area contributed by atoms with Gasteiger partial charge < -0.3 is 15.3 Å². The fourth-order valence-corrected chi connectivity index (χ4v) is 3.02. The number of anilines is 1. The fraction of sp³-hybridized carbons (Fsp3) is 0.667. The lowest BCUT2D eigenvalue weighted by Gasteiger charge is -2.29. The molecule has 1 unspecified atom stereocenters. The summed E-state index contributed by atoms with van der Waals surface area (Å²) in [7, 11) is 0. The molecule has 0 bridgehead atoms. The molecule has 1 aliphatic heterocycles. The van der Waals surface area contributed by atoms with Crippen LogP contribution in [0.3, 0.4) is 0 Å². The standard InChI is InChI=1S/C12H19N3O2S/c1-9(7-15-5-3-2-4-6-15)13-12-14-10(8-18-12)11(16)17/h8-9H,2-7H2,1H3,(H,13,14)(H,16,17). The summed E-state index contributed by atoms with van der Waals surface area (Å²) in [4.78, 5) is 17.2. The van der Waals surface area contributed by atoms with Gasteiger partial charge in [-0.15, -0.1) is 11.3 Å². The third-order valence-corrected chi connectivity index (χ3v) is 3.85. The molecule has 1 fully saturated rings. The van der Waals surface area contributed by atoms with Crippen LogP contribution in [0, 0.1) is 0 Å². The molecule has 0 spiro atoms. The van der Waals surface area contributed by atoms with Gasteiger partial charge >= 0.3 is 5.97 Å². The Kier molecular flexibility index (Phi) is 4.54. The van der Waals surface area contributed by atoms with E-state index in [2.05, 4.69) is 22.1 Å². The zero-order chi connectivity index (χ0) is 13.0. The topological polar surface area (TPSA) is 65.5 Å². The molecule has 1 aromatic rings. The van der Waals surface area contributed by atoms with Crippen molar-refractivity contribution in [3.63, 3.8) is 0 Å². The molecule has 0 aromatic carbocycles. The quantitative estimate of drug-likeness (QED) is 0.857. The highest BCUT2D eigenvalue weighted by Gasteiger charge is 2.15. The van der Waals surface area contributed by atoms with Crippen LogP contribution in [-0.2, 0) is 0 Å². The summed E-state index contributed by atoms with van der Waals surface area (Å²) in [5.74, 6) is -0.969. The smallest absolute Gasteiger partial charge is 0.355 e. The first-order chi connectivity index (χ1) is 8.65. The van der Waals surface area contributed by atoms with Gasteiger partial charge in [-0.25, -0.2) is 9.78 Å². The van der Waals surface area contributed by atoms with Gasteiger partial charge in [0, 0.05) is 18.0 Å². The number of carbonyl (C=O) groups is 1. The van der Waals surface area contributed by atoms with Crippen LogP contribution in [0.5, 0.6) is 0 Å². The molecule has 0 aliphatic carbocycles. The number of thiazole rings is 1. The maximum absolute atomic E-state index is 10.7. The summed E-state index contributed by atoms with van der Waals surface area (Å²) >= 11 is 1.35. The third kappa shape index (κ3) is 3.68. The number of nitrogens with one attached hydrogen (secondary N) is 1. The van der Waals surface area contributed by atoms with Crippen molar-refractivity contribution in [2.45, 2.75) is 32.2 Å². The van der Waals surface area contributed by atoms with E-state index in [1.807, 2.05) is 0 Å². The largest absolute Gasteiger partial charge is 0.476 e. The first-order valence-corrected chi connectivity index (χ1v) is 7.21. The molecule has 1 saturated heterocycles. The van der Waals surface area contributed by atoms with Gasteiger partial charge in [0.25, 0.3) is 0 Å². The van der Waals surface area contributed by atoms with E-state index in [0.29, 0.717) is 5.13 Å². The lowest BCUT2D eigenvalue weighted by atomic mass is 10.1. The molecule has 5 nitrogen and oxygen atoms in total. The van der Waals surface area contributed by atoms with Crippen LogP contribution in [-0.4, -0.2) is 46.6 Å². The van der Waals surface area contributed by atoms with Crippen molar-refractivity contribution < 1.29 is 9.90 Å². The molecular weight excluding hydrogens is 250 g/mol. The van der Waals surface area contributed by atoms with Crippen LogP contribution >= 0.6 is 11.3 Å². The monoisotopic (exact) mass is 269 g/mol. The Hall–Kier alpha value is -1.14. The van der Waals surface area contributed by atoms with Crippen LogP contribution < -0.4 is 5.32 Å². The molecule has 100 valence electrons. The molecule has 2 N–H and O–H groups in total. The predicted molar refractivity (Wildman–Crippen MR) is 72.4 cm³/mol. The summed E-state index contributed by atoms with van der Waals surface area (Å²) in [6.07, 6.45) is 3.91. The lowest BCUT2D eigenvalue weighted by molar-refractivity contribution is 0.0691. The van der Waals surface area contributed by atoms with E-state index < -0.39 is 5.97 Å². The predicted octanol–water partition coefficient (Wildman–Crippen LogP) is 2.13. The van der Waals surface area contributed by atoms with Crippen molar-refractivity contribution in [3.8, 4) is 0 Å². The fourth-order valence-electron chi connectivity index (χ4n) is 2.22. The first kappa shape index (κ1) is 13.3. The van der Waals surface area contributed by atoms with E-state index in [1.54, 1.807) is 5.38 Å². The van der Waals surface area contributed by atoms with Gasteiger partial charge in [-0.3, -0.25) is 0 Å². The number of rotatable bonds is 5. The minimum absolute atomic E-state index is 0.118. The number of nitrogens with zero attached hydrogens (tertiary/aromatic N) is 2. The Morgan fingerprint density at radius 3 is 2.89 bits per heavy atom. The Morgan fingerprint density at radius 1 is 1.56 bits per heavy atom. The molecule has 18 heavy (non-hydrogen) atoms. The van der Waals surface area contributed by atoms with Gasteiger partial charge in [0.15, 0.2) is 10.8 Å². The zero-order valence-electron chi connectivity index (χ0n) is 10.6. The van der Waals surface area contributed by atoms with Gasteiger partial charge in [0.1, 0.15) is 0 Å². The Morgan fingerprint density at radius 2 is 2.28 bits per heavy atom. The number of likely N-dealkylation sites (tertiary alicyclic amines) is 1. The molecule has 0 saturated carbocycles. The van der Waals surface area contributed by atoms with E-state index in [1.165, 1.54) is 43.7 Å². The minimum Gasteiger partial charge on any atom is -0.476 e. The van der Waals surface area contributed by atoms with Crippen molar-refractivity contribution in [2.75, 3.05) is 25.0 Å². The number of carboxylic acids is 1. The van der Waals surface area contributed by atoms with Crippen LogP contribution in [0.15, 0.2) is 5.38 Å². The van der Waals surface area contributed by atoms with Gasteiger partial charge in [-0.05, 0) is 32.9 Å². The SMILES string of the molecule is CC(CN1CCCCC1)Nc1nc(C(=O)O)cs1. The van der Waals surface area contributed by atoms with E-state index in [4.69, 9.17) is 5.11 Å². The summed E-state index contributed by atoms with van der Waals surface area (Å²) in [6, 6.07) is 0.288. The molecule has 1 atom stereocenters. The van der Waals surface area contributed by atoms with E-state index >= 15 is 0 Å². The maximum atomic E-state index is 10.7. The number of aromatic carboxylic acids is 1. The average Bonchev–Trinajstić information content (AvgIpc) is 2.78. The molecule has 1 aromatic heterocycles. The first-order valence-electron chi connectivity index (χ1n) is 6.33. The summed E-state index contributed by atoms with van der Waals surface area (Å²) in [6.45, 7) is 5.44. The lowest BCUT2D eigenvalue weighted by Crippen LogP contribution is -2.38. The second-order valence-corrected chi connectivity index (χ2v) is 5.61. The highest BCUT2D eigenvalue weighted by molar-refractivity contribution is 7.13. The van der Waals surface area contributed by atoms with Gasteiger partial charge in [-0.2, -0.15) is 0 Å². The van der Waals surface area contributed by atoms with E-state index in [9.17, 15) is 4.79 Å². The van der Waals surface area contributed by atoms with Crippen molar-refractivity contribution in [1.82, 2.24) is 9.88 Å². The third-order valence-electron chi connectivity index (χ3n) is 3.07. The highest BCUT2D eigenvalue weighted by atomic mass is 32.1. The molecule has 1 aliphatic rings. The van der Waals surface area contributed by atoms with Gasteiger partial charge in [0.05, 0.1) is 0 Å². The van der Waals surface area contributed by atoms with Crippen molar-refractivity contribution >= 4 is 22.4 Å².